The molecule has 0 aromatic carbocycles. The van der Waals surface area contributed by atoms with Crippen molar-refractivity contribution in [3.63, 3.8) is 0 Å². The van der Waals surface area contributed by atoms with Gasteiger partial charge in [0.2, 0.25) is 11.8 Å². The van der Waals surface area contributed by atoms with Gasteiger partial charge in [0.25, 0.3) is 5.91 Å². The number of carbonyl (C=O) groups is 2. The fraction of sp³-hybridized carbons (Fsp3) is 0.750. The van der Waals surface area contributed by atoms with E-state index >= 15 is 0 Å². The average Bonchev–Trinajstić information content (AvgIpc) is 3.26. The van der Waals surface area contributed by atoms with Gasteiger partial charge in [0.15, 0.2) is 0 Å². The molecule has 3 N–H and O–H groups in total. The molecule has 2 amide bonds. The molecular formula is C28H44ClN5O3. The van der Waals surface area contributed by atoms with Crippen molar-refractivity contribution < 1.29 is 14.3 Å². The van der Waals surface area contributed by atoms with E-state index in [2.05, 4.69) is 21.0 Å². The molecule has 8 nitrogen and oxygen atoms in total. The van der Waals surface area contributed by atoms with Gasteiger partial charge < -0.3 is 20.7 Å². The van der Waals surface area contributed by atoms with Crippen LogP contribution in [0.3, 0.4) is 0 Å². The molecule has 1 aliphatic heterocycles. The van der Waals surface area contributed by atoms with Crippen molar-refractivity contribution in [2.75, 3.05) is 19.7 Å². The Morgan fingerprint density at radius 3 is 2.38 bits per heavy atom. The highest BCUT2D eigenvalue weighted by Crippen LogP contribution is 2.53. The molecule has 1 aromatic rings. The number of nitrogens with zero attached hydrogens (tertiary/aromatic N) is 2. The van der Waals surface area contributed by atoms with E-state index < -0.39 is 5.41 Å². The van der Waals surface area contributed by atoms with Gasteiger partial charge in [0.1, 0.15) is 5.56 Å². The van der Waals surface area contributed by atoms with Crippen molar-refractivity contribution in [1.29, 1.82) is 0 Å². The van der Waals surface area contributed by atoms with Gasteiger partial charge in [0.05, 0.1) is 18.2 Å². The average molecular weight is 534 g/mol. The SMILES string of the molecule is CCCOc1c(C(=O)NC2C3CC4CC(C3)CC2C4)cnn1/C=C/C(C)(C)C(=O)NC1CCNCC1.Cl. The Bertz CT molecular complexity index is 956. The lowest BCUT2D eigenvalue weighted by Gasteiger charge is -2.54. The Balaban J connectivity index is 0.00000320. The summed E-state index contributed by atoms with van der Waals surface area (Å²) in [5, 5.41) is 14.3. The zero-order chi connectivity index (χ0) is 25.3. The molecule has 0 radical (unpaired) electrons. The minimum Gasteiger partial charge on any atom is -0.477 e. The van der Waals surface area contributed by atoms with Crippen LogP contribution < -0.4 is 20.7 Å². The number of piperidine rings is 1. The largest absolute Gasteiger partial charge is 0.477 e. The van der Waals surface area contributed by atoms with Crippen LogP contribution in [0, 0.1) is 29.1 Å². The lowest BCUT2D eigenvalue weighted by atomic mass is 9.54. The second-order valence-electron chi connectivity index (χ2n) is 12.1. The molecule has 6 rings (SSSR count). The normalized spacial score (nSPS) is 29.2. The Morgan fingerprint density at radius 1 is 1.11 bits per heavy atom. The number of carbonyl (C=O) groups excluding carboxylic acids is 2. The minimum absolute atomic E-state index is 0. The van der Waals surface area contributed by atoms with E-state index in [1.807, 2.05) is 26.8 Å². The third-order valence-corrected chi connectivity index (χ3v) is 8.85. The van der Waals surface area contributed by atoms with Crippen molar-refractivity contribution in [3.8, 4) is 5.88 Å². The van der Waals surface area contributed by atoms with Gasteiger partial charge in [-0.25, -0.2) is 4.68 Å². The van der Waals surface area contributed by atoms with Crippen LogP contribution in [0.1, 0.15) is 82.5 Å². The molecular weight excluding hydrogens is 490 g/mol. The molecule has 4 saturated carbocycles. The van der Waals surface area contributed by atoms with Crippen LogP contribution >= 0.6 is 12.4 Å². The second kappa shape index (κ2) is 11.8. The molecule has 0 atom stereocenters. The van der Waals surface area contributed by atoms with E-state index in [0.29, 0.717) is 29.9 Å². The van der Waals surface area contributed by atoms with Crippen molar-refractivity contribution >= 4 is 30.4 Å². The van der Waals surface area contributed by atoms with Crippen LogP contribution in [-0.2, 0) is 4.79 Å². The first-order valence-corrected chi connectivity index (χ1v) is 14.1. The van der Waals surface area contributed by atoms with Crippen molar-refractivity contribution in [1.82, 2.24) is 25.7 Å². The third kappa shape index (κ3) is 6.17. The number of hydrogen-bond donors (Lipinski definition) is 3. The highest BCUT2D eigenvalue weighted by molar-refractivity contribution is 5.96. The Hall–Kier alpha value is -2.06. The van der Waals surface area contributed by atoms with Crippen LogP contribution in [0.15, 0.2) is 12.3 Å². The highest BCUT2D eigenvalue weighted by Gasteiger charge is 2.48. The number of halogens is 1. The Morgan fingerprint density at radius 2 is 1.76 bits per heavy atom. The molecule has 4 bridgehead atoms. The van der Waals surface area contributed by atoms with Gasteiger partial charge >= 0.3 is 0 Å². The smallest absolute Gasteiger partial charge is 0.258 e. The van der Waals surface area contributed by atoms with Gasteiger partial charge in [0, 0.05) is 18.3 Å². The maximum Gasteiger partial charge on any atom is 0.258 e. The third-order valence-electron chi connectivity index (χ3n) is 8.85. The lowest BCUT2D eigenvalue weighted by Crippen LogP contribution is -2.55. The van der Waals surface area contributed by atoms with E-state index in [9.17, 15) is 9.59 Å². The molecule has 1 aromatic heterocycles. The standard InChI is InChI=1S/C28H43N5O3.ClH/c1-4-11-36-26-23(25(34)32-24-20-13-18-12-19(15-20)16-21(24)14-18)17-30-33(26)10-7-28(2,3)27(35)31-22-5-8-29-9-6-22;/h7,10,17-22,24,29H,4-6,8-9,11-16H2,1-3H3,(H,31,35)(H,32,34);1H/b10-7+;. The lowest BCUT2D eigenvalue weighted by molar-refractivity contribution is -0.128. The zero-order valence-electron chi connectivity index (χ0n) is 22.5. The van der Waals surface area contributed by atoms with E-state index in [1.54, 1.807) is 17.1 Å². The summed E-state index contributed by atoms with van der Waals surface area (Å²) in [6.07, 6.45) is 14.3. The van der Waals surface area contributed by atoms with E-state index in [4.69, 9.17) is 4.74 Å². The monoisotopic (exact) mass is 533 g/mol. The summed E-state index contributed by atoms with van der Waals surface area (Å²) >= 11 is 0. The summed E-state index contributed by atoms with van der Waals surface area (Å²) < 4.78 is 7.61. The molecule has 4 aliphatic carbocycles. The maximum absolute atomic E-state index is 13.4. The van der Waals surface area contributed by atoms with Gasteiger partial charge in [-0.2, -0.15) is 5.10 Å². The van der Waals surface area contributed by atoms with E-state index in [1.165, 1.54) is 32.1 Å². The Labute approximate surface area is 227 Å². The van der Waals surface area contributed by atoms with Crippen LogP contribution in [0.25, 0.3) is 6.20 Å². The van der Waals surface area contributed by atoms with Crippen LogP contribution in [0.2, 0.25) is 0 Å². The summed E-state index contributed by atoms with van der Waals surface area (Å²) in [4.78, 5) is 26.4. The number of hydrogen-bond acceptors (Lipinski definition) is 5. The molecule has 2 heterocycles. The summed E-state index contributed by atoms with van der Waals surface area (Å²) in [6.45, 7) is 8.20. The first-order chi connectivity index (χ1) is 17.3. The fourth-order valence-corrected chi connectivity index (χ4v) is 7.02. The second-order valence-corrected chi connectivity index (χ2v) is 12.1. The number of rotatable bonds is 9. The molecule has 206 valence electrons. The molecule has 9 heteroatoms. The van der Waals surface area contributed by atoms with Gasteiger partial charge in [-0.1, -0.05) is 13.0 Å². The molecule has 1 saturated heterocycles. The Kier molecular flexibility index (Phi) is 8.89. The summed E-state index contributed by atoms with van der Waals surface area (Å²) in [5.41, 5.74) is -0.249. The van der Waals surface area contributed by atoms with Crippen molar-refractivity contribution in [3.05, 3.63) is 17.8 Å². The fourth-order valence-electron chi connectivity index (χ4n) is 7.02. The van der Waals surface area contributed by atoms with Gasteiger partial charge in [-0.15, -0.1) is 12.4 Å². The van der Waals surface area contributed by atoms with Crippen LogP contribution in [0.5, 0.6) is 5.88 Å². The maximum atomic E-state index is 13.4. The molecule has 0 unspecified atom stereocenters. The molecule has 0 spiro atoms. The number of nitrogens with one attached hydrogen (secondary N) is 3. The number of aromatic nitrogens is 2. The van der Waals surface area contributed by atoms with E-state index in [-0.39, 0.29) is 36.3 Å². The summed E-state index contributed by atoms with van der Waals surface area (Å²) in [7, 11) is 0. The molecule has 37 heavy (non-hydrogen) atoms. The highest BCUT2D eigenvalue weighted by atomic mass is 35.5. The van der Waals surface area contributed by atoms with Crippen LogP contribution in [-0.4, -0.2) is 53.4 Å². The number of ether oxygens (including phenoxy) is 1. The predicted octanol–water partition coefficient (Wildman–Crippen LogP) is 4.01. The minimum atomic E-state index is -0.721. The number of amides is 2. The first-order valence-electron chi connectivity index (χ1n) is 14.1. The van der Waals surface area contributed by atoms with Crippen molar-refractivity contribution in [2.24, 2.45) is 29.1 Å². The quantitative estimate of drug-likeness (QED) is 0.445. The van der Waals surface area contributed by atoms with Crippen LogP contribution in [0.4, 0.5) is 0 Å². The molecule has 5 fully saturated rings. The van der Waals surface area contributed by atoms with E-state index in [0.717, 1.165) is 44.2 Å². The zero-order valence-corrected chi connectivity index (χ0v) is 23.3. The van der Waals surface area contributed by atoms with Gasteiger partial charge in [-0.05, 0) is 102 Å². The predicted molar refractivity (Wildman–Crippen MR) is 147 cm³/mol. The summed E-state index contributed by atoms with van der Waals surface area (Å²) in [5.74, 6) is 3.30. The van der Waals surface area contributed by atoms with Crippen molar-refractivity contribution in [2.45, 2.75) is 84.2 Å². The van der Waals surface area contributed by atoms with Gasteiger partial charge in [-0.3, -0.25) is 9.59 Å². The topological polar surface area (TPSA) is 97.3 Å². The molecule has 5 aliphatic rings. The first kappa shape index (κ1) is 28.0. The summed E-state index contributed by atoms with van der Waals surface area (Å²) in [6, 6.07) is 0.473.